The first-order valence-electron chi connectivity index (χ1n) is 13.6. The highest BCUT2D eigenvalue weighted by Crippen LogP contribution is 2.36. The van der Waals surface area contributed by atoms with Crippen LogP contribution < -0.4 is 0 Å². The quantitative estimate of drug-likeness (QED) is 0.0955. The Labute approximate surface area is 212 Å². The minimum Gasteiger partial charge on any atom is -0.469 e. The van der Waals surface area contributed by atoms with Crippen LogP contribution in [0.4, 0.5) is 0 Å². The molecule has 0 aromatic heterocycles. The Morgan fingerprint density at radius 1 is 0.857 bits per heavy atom. The van der Waals surface area contributed by atoms with E-state index in [-0.39, 0.29) is 36.0 Å². The van der Waals surface area contributed by atoms with E-state index >= 15 is 0 Å². The lowest BCUT2D eigenvalue weighted by Crippen LogP contribution is -2.33. The molecule has 1 fully saturated rings. The molecule has 1 rings (SSSR count). The lowest BCUT2D eigenvalue weighted by atomic mass is 9.75. The van der Waals surface area contributed by atoms with Crippen LogP contribution in [0, 0.1) is 11.8 Å². The molecule has 0 amide bonds. The Hall–Kier alpha value is -2.11. The largest absolute Gasteiger partial charge is 0.469 e. The summed E-state index contributed by atoms with van der Waals surface area (Å²) in [6.45, 7) is 5.12. The lowest BCUT2D eigenvalue weighted by Gasteiger charge is -2.35. The van der Waals surface area contributed by atoms with Gasteiger partial charge in [-0.2, -0.15) is 0 Å². The van der Waals surface area contributed by atoms with Gasteiger partial charge in [0.2, 0.25) is 0 Å². The molecule has 35 heavy (non-hydrogen) atoms. The molecule has 4 atom stereocenters. The van der Waals surface area contributed by atoms with E-state index in [1.807, 2.05) is 18.2 Å². The zero-order valence-electron chi connectivity index (χ0n) is 22.5. The topological polar surface area (TPSA) is 78.9 Å². The number of rotatable bonds is 17. The van der Waals surface area contributed by atoms with E-state index in [4.69, 9.17) is 14.2 Å². The van der Waals surface area contributed by atoms with Gasteiger partial charge >= 0.3 is 17.9 Å². The maximum absolute atomic E-state index is 11.8. The minimum absolute atomic E-state index is 0.197. The summed E-state index contributed by atoms with van der Waals surface area (Å²) in [6, 6.07) is 0. The van der Waals surface area contributed by atoms with Crippen molar-refractivity contribution >= 4 is 17.9 Å². The van der Waals surface area contributed by atoms with Gasteiger partial charge in [0.15, 0.2) is 0 Å². The maximum atomic E-state index is 11.8. The number of methoxy groups -OCH3 is 1. The number of carbonyl (C=O) groups is 3. The van der Waals surface area contributed by atoms with Gasteiger partial charge in [-0.15, -0.1) is 0 Å². The average molecular weight is 493 g/mol. The van der Waals surface area contributed by atoms with Crippen LogP contribution in [0.2, 0.25) is 0 Å². The zero-order chi connectivity index (χ0) is 25.9. The monoisotopic (exact) mass is 492 g/mol. The van der Waals surface area contributed by atoms with Gasteiger partial charge in [-0.25, -0.2) is 0 Å². The third kappa shape index (κ3) is 14.8. The highest BCUT2D eigenvalue weighted by molar-refractivity contribution is 5.69. The Bertz CT molecular complexity index is 668. The van der Waals surface area contributed by atoms with Crippen molar-refractivity contribution in [1.82, 2.24) is 0 Å². The van der Waals surface area contributed by atoms with Crippen LogP contribution in [0.3, 0.4) is 0 Å². The molecule has 0 spiro atoms. The summed E-state index contributed by atoms with van der Waals surface area (Å²) in [5.41, 5.74) is 0. The molecule has 1 aliphatic rings. The minimum atomic E-state index is -0.278. The summed E-state index contributed by atoms with van der Waals surface area (Å²) in [4.78, 5) is 34.8. The maximum Gasteiger partial charge on any atom is 0.305 e. The third-order valence-corrected chi connectivity index (χ3v) is 6.72. The van der Waals surface area contributed by atoms with Gasteiger partial charge in [0.25, 0.3) is 0 Å². The van der Waals surface area contributed by atoms with Crippen LogP contribution in [0.1, 0.15) is 111 Å². The van der Waals surface area contributed by atoms with Gasteiger partial charge in [-0.05, 0) is 50.5 Å². The summed E-state index contributed by atoms with van der Waals surface area (Å²) in [5, 5.41) is 0. The zero-order valence-corrected chi connectivity index (χ0v) is 22.5. The van der Waals surface area contributed by atoms with Gasteiger partial charge in [-0.3, -0.25) is 14.4 Å². The fraction of sp³-hybridized carbons (Fsp3) is 0.759. The molecule has 0 aromatic carbocycles. The number of ether oxygens (including phenoxy) is 3. The van der Waals surface area contributed by atoms with Gasteiger partial charge in [0, 0.05) is 26.2 Å². The molecule has 0 aromatic rings. The van der Waals surface area contributed by atoms with Crippen LogP contribution in [-0.2, 0) is 28.6 Å². The molecule has 0 bridgehead atoms. The summed E-state index contributed by atoms with van der Waals surface area (Å²) in [7, 11) is 1.39. The molecule has 0 heterocycles. The standard InChI is InChI=1S/C29H48O6/c1-5-6-7-8-9-10-18-26(34-23(2)30)19-13-11-16-25-17-12-14-20-27(25)28(35-24(3)31)21-15-22-29(32)33-4/h11,13,16,19,25-28H,5-10,12,14-15,17-18,20-22H2,1-4H3/t25-,26?,27+,28?/m0/s1. The Balaban J connectivity index is 2.70. The SMILES string of the molecule is CCCCCCCCC(C=CC=C[C@H]1CCCC[C@H]1C(CCCC(=O)OC)OC(C)=O)OC(C)=O. The summed E-state index contributed by atoms with van der Waals surface area (Å²) in [5.74, 6) is -0.220. The second kappa shape index (κ2) is 19.1. The second-order valence-electron chi connectivity index (χ2n) is 9.70. The fourth-order valence-electron chi connectivity index (χ4n) is 4.94. The van der Waals surface area contributed by atoms with Crippen LogP contribution in [0.15, 0.2) is 24.3 Å². The predicted octanol–water partition coefficient (Wildman–Crippen LogP) is 6.86. The number of esters is 3. The van der Waals surface area contributed by atoms with Gasteiger partial charge in [0.05, 0.1) is 7.11 Å². The van der Waals surface area contributed by atoms with E-state index in [9.17, 15) is 14.4 Å². The van der Waals surface area contributed by atoms with E-state index in [1.54, 1.807) is 0 Å². The average Bonchev–Trinajstić information content (AvgIpc) is 2.82. The molecule has 6 heteroatoms. The summed E-state index contributed by atoms with van der Waals surface area (Å²) in [6.07, 6.45) is 21.8. The Morgan fingerprint density at radius 3 is 2.23 bits per heavy atom. The first-order chi connectivity index (χ1) is 16.9. The number of unbranched alkanes of at least 4 members (excludes halogenated alkanes) is 5. The molecule has 1 aliphatic carbocycles. The van der Waals surface area contributed by atoms with E-state index in [0.29, 0.717) is 25.2 Å². The number of hydrogen-bond acceptors (Lipinski definition) is 6. The van der Waals surface area contributed by atoms with Gasteiger partial charge < -0.3 is 14.2 Å². The van der Waals surface area contributed by atoms with Crippen molar-refractivity contribution in [2.45, 2.75) is 123 Å². The molecule has 0 saturated heterocycles. The number of hydrogen-bond donors (Lipinski definition) is 0. The molecular formula is C29H48O6. The van der Waals surface area contributed by atoms with E-state index in [1.165, 1.54) is 53.1 Å². The molecular weight excluding hydrogens is 444 g/mol. The Kier molecular flexibility index (Phi) is 16.9. The van der Waals surface area contributed by atoms with Crippen LogP contribution in [0.5, 0.6) is 0 Å². The molecule has 200 valence electrons. The molecule has 0 aliphatic heterocycles. The molecule has 1 saturated carbocycles. The van der Waals surface area contributed by atoms with Gasteiger partial charge in [-0.1, -0.05) is 70.1 Å². The first-order valence-corrected chi connectivity index (χ1v) is 13.6. The highest BCUT2D eigenvalue weighted by Gasteiger charge is 2.32. The second-order valence-corrected chi connectivity index (χ2v) is 9.70. The summed E-state index contributed by atoms with van der Waals surface area (Å²) < 4.78 is 15.9. The first kappa shape index (κ1) is 30.9. The normalized spacial score (nSPS) is 20.0. The van der Waals surface area contributed by atoms with Crippen molar-refractivity contribution in [3.05, 3.63) is 24.3 Å². The van der Waals surface area contributed by atoms with E-state index in [2.05, 4.69) is 13.0 Å². The smallest absolute Gasteiger partial charge is 0.305 e. The predicted molar refractivity (Wildman–Crippen MR) is 139 cm³/mol. The molecule has 6 nitrogen and oxygen atoms in total. The van der Waals surface area contributed by atoms with Crippen molar-refractivity contribution in [1.29, 1.82) is 0 Å². The van der Waals surface area contributed by atoms with E-state index in [0.717, 1.165) is 38.5 Å². The number of allylic oxidation sites excluding steroid dienone is 3. The van der Waals surface area contributed by atoms with Gasteiger partial charge in [0.1, 0.15) is 12.2 Å². The van der Waals surface area contributed by atoms with Crippen LogP contribution in [-0.4, -0.2) is 37.2 Å². The highest BCUT2D eigenvalue weighted by atomic mass is 16.5. The molecule has 0 N–H and O–H groups in total. The van der Waals surface area contributed by atoms with E-state index < -0.39 is 0 Å². The van der Waals surface area contributed by atoms with Crippen molar-refractivity contribution in [2.24, 2.45) is 11.8 Å². The molecule has 0 radical (unpaired) electrons. The number of carbonyl (C=O) groups excluding carboxylic acids is 3. The van der Waals surface area contributed by atoms with Crippen LogP contribution >= 0.6 is 0 Å². The Morgan fingerprint density at radius 2 is 1.54 bits per heavy atom. The fourth-order valence-corrected chi connectivity index (χ4v) is 4.94. The lowest BCUT2D eigenvalue weighted by molar-refractivity contribution is -0.151. The summed E-state index contributed by atoms with van der Waals surface area (Å²) >= 11 is 0. The van der Waals surface area contributed by atoms with Crippen molar-refractivity contribution in [3.63, 3.8) is 0 Å². The third-order valence-electron chi connectivity index (χ3n) is 6.72. The molecule has 2 unspecified atom stereocenters. The van der Waals surface area contributed by atoms with Crippen molar-refractivity contribution < 1.29 is 28.6 Å². The van der Waals surface area contributed by atoms with Crippen molar-refractivity contribution in [3.8, 4) is 0 Å². The van der Waals surface area contributed by atoms with Crippen molar-refractivity contribution in [2.75, 3.05) is 7.11 Å². The van der Waals surface area contributed by atoms with Crippen LogP contribution in [0.25, 0.3) is 0 Å².